The quantitative estimate of drug-likeness (QED) is 0.396. The average Bonchev–Trinajstić information content (AvgIpc) is 2.92. The van der Waals surface area contributed by atoms with Crippen LogP contribution < -0.4 is 0 Å². The van der Waals surface area contributed by atoms with Crippen molar-refractivity contribution in [2.45, 2.75) is 102 Å². The van der Waals surface area contributed by atoms with Crippen LogP contribution in [0.1, 0.15) is 55.4 Å². The summed E-state index contributed by atoms with van der Waals surface area (Å²) in [6.07, 6.45) is -1.63. The molecule has 186 valence electrons. The highest BCUT2D eigenvalue weighted by atomic mass is 32.2. The van der Waals surface area contributed by atoms with Gasteiger partial charge in [-0.15, -0.1) is 0 Å². The van der Waals surface area contributed by atoms with E-state index in [0.29, 0.717) is 0 Å². The Morgan fingerprint density at radius 2 is 1.44 bits per heavy atom. The number of piperidine rings is 1. The normalized spacial score (nSPS) is 32.3. The highest BCUT2D eigenvalue weighted by Gasteiger charge is 2.65. The second-order valence-corrected chi connectivity index (χ2v) is 20.9. The van der Waals surface area contributed by atoms with Crippen molar-refractivity contribution in [2.24, 2.45) is 0 Å². The van der Waals surface area contributed by atoms with Crippen LogP contribution in [0.3, 0.4) is 0 Å². The Kier molecular flexibility index (Phi) is 7.29. The zero-order chi connectivity index (χ0) is 24.2. The van der Waals surface area contributed by atoms with Gasteiger partial charge in [0.2, 0.25) is 0 Å². The van der Waals surface area contributed by atoms with Gasteiger partial charge in [0.1, 0.15) is 18.8 Å². The van der Waals surface area contributed by atoms with Gasteiger partial charge in [-0.1, -0.05) is 55.4 Å². The lowest BCUT2D eigenvalue weighted by Gasteiger charge is -2.46. The number of hydrogen-bond acceptors (Lipinski definition) is 8. The van der Waals surface area contributed by atoms with E-state index in [9.17, 15) is 13.2 Å². The summed E-state index contributed by atoms with van der Waals surface area (Å²) in [6.45, 7) is 17.2. The lowest BCUT2D eigenvalue weighted by Crippen LogP contribution is -2.65. The molecule has 12 heteroatoms. The molecule has 0 N–H and O–H groups in total. The molecule has 32 heavy (non-hydrogen) atoms. The zero-order valence-corrected chi connectivity index (χ0v) is 23.5. The summed E-state index contributed by atoms with van der Waals surface area (Å²) < 4.78 is 56.3. The van der Waals surface area contributed by atoms with Gasteiger partial charge in [-0.05, 0) is 22.2 Å². The van der Waals surface area contributed by atoms with Crippen LogP contribution in [0.2, 0.25) is 22.2 Å². The maximum Gasteiger partial charge on any atom is 0.410 e. The largest absolute Gasteiger partial charge is 0.447 e. The summed E-state index contributed by atoms with van der Waals surface area (Å²) in [7, 11) is -9.60. The molecule has 0 bridgehead atoms. The minimum atomic E-state index is -3.82. The number of ether oxygens (including phenoxy) is 1. The Morgan fingerprint density at radius 3 is 1.91 bits per heavy atom. The number of nitrogens with zero attached hydrogens (tertiary/aromatic N) is 1. The standard InChI is InChI=1S/C20H39NO8SSi2/c1-12(2)31(13(3)4)27-17-10-21-16(11-25-20(21)22)18(26-30(9,23)24)19(17)28-32(29-31,14(5)6)15(7)8/h12-19H,10-11H2,1-9H3/t16?,17-,18+,19+/m0/s1. The fourth-order valence-corrected chi connectivity index (χ4v) is 17.3. The van der Waals surface area contributed by atoms with E-state index in [4.69, 9.17) is 21.9 Å². The van der Waals surface area contributed by atoms with E-state index in [0.717, 1.165) is 6.26 Å². The van der Waals surface area contributed by atoms with E-state index in [1.165, 1.54) is 4.90 Å². The van der Waals surface area contributed by atoms with E-state index in [1.807, 2.05) is 0 Å². The van der Waals surface area contributed by atoms with E-state index in [1.54, 1.807) is 0 Å². The molecule has 1 unspecified atom stereocenters. The maximum atomic E-state index is 12.4. The van der Waals surface area contributed by atoms with Crippen molar-refractivity contribution < 1.29 is 35.1 Å². The van der Waals surface area contributed by atoms with Crippen molar-refractivity contribution in [3.8, 4) is 0 Å². The van der Waals surface area contributed by atoms with Crippen molar-refractivity contribution in [2.75, 3.05) is 19.4 Å². The second-order valence-electron chi connectivity index (χ2n) is 10.5. The minimum Gasteiger partial charge on any atom is -0.447 e. The molecule has 9 nitrogen and oxygen atoms in total. The molecule has 0 radical (unpaired) electrons. The molecule has 0 spiro atoms. The van der Waals surface area contributed by atoms with Gasteiger partial charge < -0.3 is 17.7 Å². The van der Waals surface area contributed by atoms with E-state index in [2.05, 4.69) is 55.4 Å². The summed E-state index contributed by atoms with van der Waals surface area (Å²) in [5, 5.41) is 0. The minimum absolute atomic E-state index is 0.0568. The number of amides is 1. The first kappa shape index (κ1) is 26.1. The van der Waals surface area contributed by atoms with Gasteiger partial charge in [0, 0.05) is 0 Å². The Labute approximate surface area is 194 Å². The first-order valence-electron chi connectivity index (χ1n) is 11.5. The lowest BCUT2D eigenvalue weighted by molar-refractivity contribution is -0.0894. The Morgan fingerprint density at radius 1 is 0.938 bits per heavy atom. The average molecular weight is 510 g/mol. The molecular formula is C20H39NO8SSi2. The fourth-order valence-electron chi connectivity index (χ4n) is 5.34. The van der Waals surface area contributed by atoms with Gasteiger partial charge in [0.25, 0.3) is 10.1 Å². The molecule has 3 aliphatic heterocycles. The lowest BCUT2D eigenvalue weighted by atomic mass is 9.95. The van der Waals surface area contributed by atoms with Crippen molar-refractivity contribution in [1.82, 2.24) is 4.90 Å². The van der Waals surface area contributed by atoms with Crippen LogP contribution in [-0.4, -0.2) is 80.3 Å². The Hall–Kier alpha value is -0.506. The molecule has 0 saturated carbocycles. The number of carbonyl (C=O) groups excluding carboxylic acids is 1. The van der Waals surface area contributed by atoms with Crippen LogP contribution in [0.15, 0.2) is 0 Å². The first-order valence-corrected chi connectivity index (χ1v) is 17.3. The molecule has 3 saturated heterocycles. The maximum absolute atomic E-state index is 12.4. The molecule has 0 aromatic rings. The molecule has 0 aromatic carbocycles. The van der Waals surface area contributed by atoms with Gasteiger partial charge in [-0.2, -0.15) is 8.42 Å². The monoisotopic (exact) mass is 509 g/mol. The predicted molar refractivity (Wildman–Crippen MR) is 124 cm³/mol. The van der Waals surface area contributed by atoms with Gasteiger partial charge in [0.05, 0.1) is 24.9 Å². The van der Waals surface area contributed by atoms with Gasteiger partial charge in [0.15, 0.2) is 0 Å². The third-order valence-electron chi connectivity index (χ3n) is 6.94. The van der Waals surface area contributed by atoms with Gasteiger partial charge in [-0.3, -0.25) is 9.08 Å². The highest BCUT2D eigenvalue weighted by Crippen LogP contribution is 2.49. The van der Waals surface area contributed by atoms with Crippen molar-refractivity contribution in [3.63, 3.8) is 0 Å². The number of hydrogen-bond donors (Lipinski definition) is 0. The van der Waals surface area contributed by atoms with E-state index < -0.39 is 57.7 Å². The summed E-state index contributed by atoms with van der Waals surface area (Å²) >= 11 is 0. The van der Waals surface area contributed by atoms with Crippen molar-refractivity contribution in [1.29, 1.82) is 0 Å². The van der Waals surface area contributed by atoms with Crippen LogP contribution in [0.5, 0.6) is 0 Å². The Bertz CT molecular complexity index is 802. The highest BCUT2D eigenvalue weighted by molar-refractivity contribution is 7.86. The molecule has 0 aromatic heterocycles. The van der Waals surface area contributed by atoms with Gasteiger partial charge in [-0.25, -0.2) is 4.79 Å². The number of carbonyl (C=O) groups is 1. The summed E-state index contributed by atoms with van der Waals surface area (Å²) in [5.41, 5.74) is 0.471. The van der Waals surface area contributed by atoms with Crippen LogP contribution in [0, 0.1) is 0 Å². The topological polar surface area (TPSA) is 101 Å². The summed E-state index contributed by atoms with van der Waals surface area (Å²) in [6, 6.07) is -0.555. The smallest absolute Gasteiger partial charge is 0.410 e. The number of cyclic esters (lactones) is 1. The zero-order valence-electron chi connectivity index (χ0n) is 20.7. The third kappa shape index (κ3) is 4.43. The van der Waals surface area contributed by atoms with Crippen LogP contribution >= 0.6 is 0 Å². The molecule has 3 aliphatic rings. The molecular weight excluding hydrogens is 470 g/mol. The summed E-state index contributed by atoms with van der Waals surface area (Å²) in [5.74, 6) is 0. The number of rotatable bonds is 6. The van der Waals surface area contributed by atoms with Gasteiger partial charge >= 0.3 is 23.2 Å². The molecule has 3 heterocycles. The SMILES string of the molecule is CC(C)[Si]1(C(C)C)O[C@@H]2[C@H](CN3C(=O)OCC3[C@H]2OS(C)(=O)=O)O[Si](C(C)C)(C(C)C)O1. The van der Waals surface area contributed by atoms with Crippen molar-refractivity contribution in [3.05, 3.63) is 0 Å². The van der Waals surface area contributed by atoms with Crippen LogP contribution in [0.25, 0.3) is 0 Å². The van der Waals surface area contributed by atoms with E-state index >= 15 is 0 Å². The Balaban J connectivity index is 2.19. The molecule has 4 atom stereocenters. The fraction of sp³-hybridized carbons (Fsp3) is 0.950. The predicted octanol–water partition coefficient (Wildman–Crippen LogP) is 3.49. The first-order chi connectivity index (χ1) is 14.6. The third-order valence-corrected chi connectivity index (χ3v) is 17.8. The molecule has 3 rings (SSSR count). The number of fused-ring (bicyclic) bond motifs is 2. The molecule has 0 aliphatic carbocycles. The molecule has 1 amide bonds. The van der Waals surface area contributed by atoms with Crippen LogP contribution in [-0.2, 0) is 32.0 Å². The molecule has 3 fully saturated rings. The second kappa shape index (κ2) is 8.93. The van der Waals surface area contributed by atoms with Crippen molar-refractivity contribution >= 4 is 33.3 Å². The summed E-state index contributed by atoms with van der Waals surface area (Å²) in [4.78, 5) is 14.0. The van der Waals surface area contributed by atoms with E-state index in [-0.39, 0.29) is 35.3 Å². The van der Waals surface area contributed by atoms with Crippen LogP contribution in [0.4, 0.5) is 4.79 Å².